The van der Waals surface area contributed by atoms with Gasteiger partial charge in [0.1, 0.15) is 5.71 Å². The molecular formula is C24H28N4O3. The van der Waals surface area contributed by atoms with Crippen molar-refractivity contribution in [1.82, 2.24) is 10.2 Å². The molecule has 0 bridgehead atoms. The molecule has 2 aliphatic rings. The molecule has 1 spiro atoms. The highest BCUT2D eigenvalue weighted by molar-refractivity contribution is 6.39. The van der Waals surface area contributed by atoms with Crippen molar-refractivity contribution >= 4 is 23.3 Å². The maximum atomic E-state index is 12.8. The molecule has 2 aromatic carbocycles. The lowest BCUT2D eigenvalue weighted by Gasteiger charge is -2.38. The fraction of sp³-hybridized carbons (Fsp3) is 0.375. The van der Waals surface area contributed by atoms with Crippen LogP contribution in [-0.4, -0.2) is 41.2 Å². The molecule has 0 aliphatic carbocycles. The predicted molar refractivity (Wildman–Crippen MR) is 120 cm³/mol. The van der Waals surface area contributed by atoms with E-state index >= 15 is 0 Å². The van der Waals surface area contributed by atoms with E-state index in [1.54, 1.807) is 4.90 Å². The lowest BCUT2D eigenvalue weighted by Crippen LogP contribution is -2.52. The van der Waals surface area contributed by atoms with Crippen LogP contribution < -0.4 is 10.6 Å². The number of carbonyl (C=O) groups excluding carboxylic acids is 2. The third kappa shape index (κ3) is 5.05. The maximum absolute atomic E-state index is 12.8. The number of likely N-dealkylation sites (tertiary alicyclic amines) is 1. The summed E-state index contributed by atoms with van der Waals surface area (Å²) in [6.45, 7) is 5.51. The quantitative estimate of drug-likeness (QED) is 0.790. The van der Waals surface area contributed by atoms with Crippen molar-refractivity contribution in [3.8, 4) is 0 Å². The molecule has 2 N–H and O–H groups in total. The number of rotatable bonds is 4. The molecule has 4 rings (SSSR count). The fourth-order valence-electron chi connectivity index (χ4n) is 4.05. The fourth-order valence-corrected chi connectivity index (χ4v) is 4.05. The van der Waals surface area contributed by atoms with Crippen molar-refractivity contribution in [3.63, 3.8) is 0 Å². The Bertz CT molecular complexity index is 1000. The van der Waals surface area contributed by atoms with Gasteiger partial charge in [-0.1, -0.05) is 47.1 Å². The van der Waals surface area contributed by atoms with Crippen LogP contribution in [-0.2, 0) is 16.2 Å². The van der Waals surface area contributed by atoms with E-state index in [4.69, 9.17) is 4.84 Å². The van der Waals surface area contributed by atoms with E-state index in [1.807, 2.05) is 62.4 Å². The zero-order valence-electron chi connectivity index (χ0n) is 18.0. The number of urea groups is 1. The molecule has 1 fully saturated rings. The number of benzene rings is 2. The number of hydrogen-bond acceptors (Lipinski definition) is 4. The summed E-state index contributed by atoms with van der Waals surface area (Å²) in [6.07, 6.45) is 1.97. The summed E-state index contributed by atoms with van der Waals surface area (Å²) in [6, 6.07) is 15.6. The minimum Gasteiger partial charge on any atom is -0.386 e. The Morgan fingerprint density at radius 1 is 1.13 bits per heavy atom. The minimum atomic E-state index is -0.626. The number of oxime groups is 1. The van der Waals surface area contributed by atoms with Crippen molar-refractivity contribution in [1.29, 1.82) is 0 Å². The molecule has 2 aromatic rings. The van der Waals surface area contributed by atoms with E-state index in [1.165, 1.54) is 5.56 Å². The van der Waals surface area contributed by atoms with Crippen molar-refractivity contribution in [2.45, 2.75) is 45.3 Å². The molecule has 2 aliphatic heterocycles. The van der Waals surface area contributed by atoms with E-state index in [0.717, 1.165) is 29.7 Å². The maximum Gasteiger partial charge on any atom is 0.321 e. The SMILES string of the molecule is Cc1ccc(CNC(=O)C2=NO[C@]3(CCCN(C(=O)Nc4cccc(C)c4)C3)C2)cc1. The molecule has 0 radical (unpaired) electrons. The molecule has 7 heteroatoms. The summed E-state index contributed by atoms with van der Waals surface area (Å²) in [5, 5.41) is 9.94. The molecule has 2 heterocycles. The van der Waals surface area contributed by atoms with Gasteiger partial charge in [-0.15, -0.1) is 0 Å². The highest BCUT2D eigenvalue weighted by atomic mass is 16.7. The van der Waals surface area contributed by atoms with Gasteiger partial charge in [0.25, 0.3) is 5.91 Å². The van der Waals surface area contributed by atoms with Gasteiger partial charge in [-0.25, -0.2) is 4.79 Å². The monoisotopic (exact) mass is 420 g/mol. The topological polar surface area (TPSA) is 83.0 Å². The Morgan fingerprint density at radius 3 is 2.71 bits per heavy atom. The molecule has 3 amide bonds. The number of nitrogens with one attached hydrogen (secondary N) is 2. The van der Waals surface area contributed by atoms with Crippen LogP contribution in [0, 0.1) is 13.8 Å². The summed E-state index contributed by atoms with van der Waals surface area (Å²) < 4.78 is 0. The number of aryl methyl sites for hydroxylation is 2. The van der Waals surface area contributed by atoms with Crippen LogP contribution in [0.5, 0.6) is 0 Å². The third-order valence-electron chi connectivity index (χ3n) is 5.77. The van der Waals surface area contributed by atoms with Gasteiger partial charge in [-0.2, -0.15) is 0 Å². The van der Waals surface area contributed by atoms with Gasteiger partial charge >= 0.3 is 6.03 Å². The normalized spacial score (nSPS) is 20.2. The third-order valence-corrected chi connectivity index (χ3v) is 5.77. The Balaban J connectivity index is 1.32. The first-order valence-corrected chi connectivity index (χ1v) is 10.6. The summed E-state index contributed by atoms with van der Waals surface area (Å²) in [5.74, 6) is -0.223. The molecule has 0 aromatic heterocycles. The largest absolute Gasteiger partial charge is 0.386 e. The standard InChI is InChI=1S/C24H28N4O3/c1-17-7-9-19(10-8-17)15-25-22(29)21-14-24(31-27-21)11-4-12-28(16-24)23(30)26-20-6-3-5-18(2)13-20/h3,5-10,13H,4,11-12,14-16H2,1-2H3,(H,25,29)(H,26,30)/t24-/m1/s1. The molecule has 1 atom stereocenters. The number of anilines is 1. The van der Waals surface area contributed by atoms with Crippen molar-refractivity contribution in [2.24, 2.45) is 5.16 Å². The lowest BCUT2D eigenvalue weighted by molar-refractivity contribution is -0.115. The van der Waals surface area contributed by atoms with Gasteiger partial charge in [-0.05, 0) is 49.9 Å². The van der Waals surface area contributed by atoms with E-state index in [-0.39, 0.29) is 11.9 Å². The Kier molecular flexibility index (Phi) is 5.93. The number of nitrogens with zero attached hydrogens (tertiary/aromatic N) is 2. The molecule has 31 heavy (non-hydrogen) atoms. The zero-order valence-corrected chi connectivity index (χ0v) is 18.0. The van der Waals surface area contributed by atoms with E-state index < -0.39 is 5.60 Å². The molecule has 162 valence electrons. The van der Waals surface area contributed by atoms with Crippen LogP contribution in [0.1, 0.15) is 36.0 Å². The number of amides is 3. The van der Waals surface area contributed by atoms with Gasteiger partial charge in [0.2, 0.25) is 0 Å². The van der Waals surface area contributed by atoms with Crippen LogP contribution in [0.15, 0.2) is 53.7 Å². The smallest absolute Gasteiger partial charge is 0.321 e. The summed E-state index contributed by atoms with van der Waals surface area (Å²) >= 11 is 0. The van der Waals surface area contributed by atoms with Crippen molar-refractivity contribution in [2.75, 3.05) is 18.4 Å². The Labute approximate surface area is 182 Å². The highest BCUT2D eigenvalue weighted by Gasteiger charge is 2.45. The second-order valence-electron chi connectivity index (χ2n) is 8.48. The lowest BCUT2D eigenvalue weighted by atomic mass is 9.88. The Morgan fingerprint density at radius 2 is 1.94 bits per heavy atom. The molecule has 7 nitrogen and oxygen atoms in total. The first kappa shape index (κ1) is 20.9. The van der Waals surface area contributed by atoms with Crippen LogP contribution in [0.25, 0.3) is 0 Å². The first-order chi connectivity index (χ1) is 14.9. The van der Waals surface area contributed by atoms with Crippen LogP contribution in [0.2, 0.25) is 0 Å². The number of hydrogen-bond donors (Lipinski definition) is 2. The Hall–Kier alpha value is -3.35. The highest BCUT2D eigenvalue weighted by Crippen LogP contribution is 2.33. The summed E-state index contributed by atoms with van der Waals surface area (Å²) in [4.78, 5) is 32.8. The molecular weight excluding hydrogens is 392 g/mol. The number of piperidine rings is 1. The average Bonchev–Trinajstić information content (AvgIpc) is 3.16. The molecule has 0 saturated carbocycles. The zero-order chi connectivity index (χ0) is 21.8. The molecule has 1 saturated heterocycles. The second-order valence-corrected chi connectivity index (χ2v) is 8.48. The van der Waals surface area contributed by atoms with E-state index in [0.29, 0.717) is 31.8 Å². The van der Waals surface area contributed by atoms with Gasteiger partial charge in [0, 0.05) is 25.2 Å². The van der Waals surface area contributed by atoms with Gasteiger partial charge in [0.05, 0.1) is 6.54 Å². The second kappa shape index (κ2) is 8.79. The van der Waals surface area contributed by atoms with E-state index in [2.05, 4.69) is 15.8 Å². The van der Waals surface area contributed by atoms with Crippen molar-refractivity contribution < 1.29 is 14.4 Å². The van der Waals surface area contributed by atoms with Crippen molar-refractivity contribution in [3.05, 3.63) is 65.2 Å². The van der Waals surface area contributed by atoms with E-state index in [9.17, 15) is 9.59 Å². The molecule has 0 unspecified atom stereocenters. The summed E-state index contributed by atoms with van der Waals surface area (Å²) in [5.41, 5.74) is 3.82. The van der Waals surface area contributed by atoms with Gasteiger partial charge < -0.3 is 20.4 Å². The average molecular weight is 421 g/mol. The number of carbonyl (C=O) groups is 2. The summed E-state index contributed by atoms with van der Waals surface area (Å²) in [7, 11) is 0. The van der Waals surface area contributed by atoms with Crippen LogP contribution in [0.3, 0.4) is 0 Å². The van der Waals surface area contributed by atoms with Gasteiger partial charge in [-0.3, -0.25) is 4.79 Å². The minimum absolute atomic E-state index is 0.162. The van der Waals surface area contributed by atoms with Crippen LogP contribution >= 0.6 is 0 Å². The van der Waals surface area contributed by atoms with Crippen LogP contribution in [0.4, 0.5) is 10.5 Å². The first-order valence-electron chi connectivity index (χ1n) is 10.6. The van der Waals surface area contributed by atoms with Gasteiger partial charge in [0.15, 0.2) is 5.60 Å². The predicted octanol–water partition coefficient (Wildman–Crippen LogP) is 3.76.